The molecule has 2 rings (SSSR count). The van der Waals surface area contributed by atoms with Gasteiger partial charge in [0.2, 0.25) is 0 Å². The van der Waals surface area contributed by atoms with Crippen LogP contribution in [-0.2, 0) is 9.53 Å². The zero-order chi connectivity index (χ0) is 13.3. The Morgan fingerprint density at radius 2 is 2.22 bits per heavy atom. The normalized spacial score (nSPS) is 14.4. The first-order chi connectivity index (χ1) is 8.56. The summed E-state index contributed by atoms with van der Waals surface area (Å²) in [5.41, 5.74) is 1.36. The number of methoxy groups -OCH3 is 1. The lowest BCUT2D eigenvalue weighted by molar-refractivity contribution is -0.144. The van der Waals surface area contributed by atoms with Gasteiger partial charge in [0.05, 0.1) is 12.5 Å². The minimum atomic E-state index is -0.508. The fourth-order valence-corrected chi connectivity index (χ4v) is 2.04. The highest BCUT2D eigenvalue weighted by atomic mass is 35.5. The molecule has 0 amide bonds. The SMILES string of the molecule is COC(=O)C(C)n1c(C(C)Cl)nc2cccnc21. The van der Waals surface area contributed by atoms with Crippen molar-refractivity contribution in [2.24, 2.45) is 0 Å². The quantitative estimate of drug-likeness (QED) is 0.633. The average molecular weight is 268 g/mol. The molecule has 2 unspecified atom stereocenters. The minimum Gasteiger partial charge on any atom is -0.467 e. The standard InChI is InChI=1S/C12H14ClN3O2/c1-7(13)10-15-9-5-4-6-14-11(9)16(10)8(2)12(17)18-3/h4-8H,1-3H3. The second-order valence-corrected chi connectivity index (χ2v) is 4.66. The monoisotopic (exact) mass is 267 g/mol. The third-order valence-electron chi connectivity index (χ3n) is 2.76. The van der Waals surface area contributed by atoms with E-state index in [2.05, 4.69) is 9.97 Å². The molecule has 0 radical (unpaired) electrons. The fraction of sp³-hybridized carbons (Fsp3) is 0.417. The molecule has 0 aromatic carbocycles. The maximum atomic E-state index is 11.7. The number of carbonyl (C=O) groups is 1. The smallest absolute Gasteiger partial charge is 0.328 e. The van der Waals surface area contributed by atoms with Crippen LogP contribution in [-0.4, -0.2) is 27.6 Å². The molecule has 2 atom stereocenters. The van der Waals surface area contributed by atoms with Crippen molar-refractivity contribution in [2.75, 3.05) is 7.11 Å². The Morgan fingerprint density at radius 1 is 1.50 bits per heavy atom. The van der Waals surface area contributed by atoms with Crippen molar-refractivity contribution in [3.05, 3.63) is 24.2 Å². The first-order valence-electron chi connectivity index (χ1n) is 5.61. The molecule has 0 bridgehead atoms. The highest BCUT2D eigenvalue weighted by Gasteiger charge is 2.24. The molecule has 96 valence electrons. The number of carbonyl (C=O) groups excluding carboxylic acids is 1. The highest BCUT2D eigenvalue weighted by molar-refractivity contribution is 6.20. The van der Waals surface area contributed by atoms with E-state index in [0.717, 1.165) is 5.52 Å². The Hall–Kier alpha value is -1.62. The Kier molecular flexibility index (Phi) is 3.52. The molecular weight excluding hydrogens is 254 g/mol. The van der Waals surface area contributed by atoms with Crippen molar-refractivity contribution in [1.29, 1.82) is 0 Å². The molecule has 0 fully saturated rings. The van der Waals surface area contributed by atoms with Gasteiger partial charge in [0.15, 0.2) is 5.65 Å². The summed E-state index contributed by atoms with van der Waals surface area (Å²) in [4.78, 5) is 20.4. The summed E-state index contributed by atoms with van der Waals surface area (Å²) in [5, 5.41) is -0.314. The average Bonchev–Trinajstić information content (AvgIpc) is 2.76. The molecule has 6 heteroatoms. The number of halogens is 1. The molecule has 0 aliphatic carbocycles. The van der Waals surface area contributed by atoms with E-state index in [9.17, 15) is 4.79 Å². The van der Waals surface area contributed by atoms with E-state index in [-0.39, 0.29) is 11.3 Å². The predicted molar refractivity (Wildman–Crippen MR) is 68.5 cm³/mol. The van der Waals surface area contributed by atoms with Gasteiger partial charge in [0.25, 0.3) is 0 Å². The van der Waals surface area contributed by atoms with E-state index < -0.39 is 6.04 Å². The van der Waals surface area contributed by atoms with Crippen molar-refractivity contribution < 1.29 is 9.53 Å². The molecule has 0 N–H and O–H groups in total. The van der Waals surface area contributed by atoms with Gasteiger partial charge in [0.1, 0.15) is 17.4 Å². The van der Waals surface area contributed by atoms with Gasteiger partial charge in [-0.2, -0.15) is 0 Å². The first kappa shape index (κ1) is 12.8. The number of ether oxygens (including phenoxy) is 1. The van der Waals surface area contributed by atoms with E-state index >= 15 is 0 Å². The summed E-state index contributed by atoms with van der Waals surface area (Å²) >= 11 is 6.11. The molecule has 0 spiro atoms. The van der Waals surface area contributed by atoms with Crippen LogP contribution in [0.3, 0.4) is 0 Å². The number of rotatable bonds is 3. The fourth-order valence-electron chi connectivity index (χ4n) is 1.89. The molecule has 0 aliphatic rings. The summed E-state index contributed by atoms with van der Waals surface area (Å²) in [6.07, 6.45) is 1.66. The third-order valence-corrected chi connectivity index (χ3v) is 2.96. The van der Waals surface area contributed by atoms with E-state index in [0.29, 0.717) is 11.5 Å². The van der Waals surface area contributed by atoms with Crippen LogP contribution in [0.4, 0.5) is 0 Å². The summed E-state index contributed by atoms with van der Waals surface area (Å²) in [5.74, 6) is 0.266. The maximum Gasteiger partial charge on any atom is 0.328 e. The lowest BCUT2D eigenvalue weighted by Gasteiger charge is -2.15. The van der Waals surface area contributed by atoms with E-state index in [1.54, 1.807) is 23.8 Å². The minimum absolute atomic E-state index is 0.314. The van der Waals surface area contributed by atoms with Crippen LogP contribution in [0.15, 0.2) is 18.3 Å². The van der Waals surface area contributed by atoms with Crippen LogP contribution in [0.25, 0.3) is 11.2 Å². The van der Waals surface area contributed by atoms with Gasteiger partial charge < -0.3 is 4.74 Å². The molecule has 0 aliphatic heterocycles. The molecular formula is C12H14ClN3O2. The van der Waals surface area contributed by atoms with Crippen LogP contribution in [0.2, 0.25) is 0 Å². The molecule has 2 aromatic rings. The molecule has 2 heterocycles. The van der Waals surface area contributed by atoms with Gasteiger partial charge in [-0.1, -0.05) is 0 Å². The zero-order valence-corrected chi connectivity index (χ0v) is 11.2. The van der Waals surface area contributed by atoms with Gasteiger partial charge in [-0.15, -0.1) is 11.6 Å². The van der Waals surface area contributed by atoms with Gasteiger partial charge in [-0.05, 0) is 26.0 Å². The van der Waals surface area contributed by atoms with Crippen molar-refractivity contribution in [2.45, 2.75) is 25.3 Å². The second kappa shape index (κ2) is 4.94. The number of imidazole rings is 1. The Bertz CT molecular complexity index is 580. The van der Waals surface area contributed by atoms with Crippen molar-refractivity contribution in [1.82, 2.24) is 14.5 Å². The Balaban J connectivity index is 2.65. The number of hydrogen-bond acceptors (Lipinski definition) is 4. The van der Waals surface area contributed by atoms with Crippen LogP contribution in [0, 0.1) is 0 Å². The Labute approximate surface area is 110 Å². The lowest BCUT2D eigenvalue weighted by atomic mass is 10.3. The van der Waals surface area contributed by atoms with E-state index in [1.807, 2.05) is 13.0 Å². The third kappa shape index (κ3) is 2.06. The van der Waals surface area contributed by atoms with Gasteiger partial charge in [0, 0.05) is 6.20 Å². The predicted octanol–water partition coefficient (Wildman–Crippen LogP) is 2.47. The number of esters is 1. The largest absolute Gasteiger partial charge is 0.467 e. The second-order valence-electron chi connectivity index (χ2n) is 4.00. The van der Waals surface area contributed by atoms with Gasteiger partial charge >= 0.3 is 5.97 Å². The van der Waals surface area contributed by atoms with Crippen molar-refractivity contribution >= 4 is 28.7 Å². The number of hydrogen-bond donors (Lipinski definition) is 0. The zero-order valence-electron chi connectivity index (χ0n) is 10.4. The number of fused-ring (bicyclic) bond motifs is 1. The number of alkyl halides is 1. The topological polar surface area (TPSA) is 57.0 Å². The summed E-state index contributed by atoms with van der Waals surface area (Å²) in [6.45, 7) is 3.55. The number of aromatic nitrogens is 3. The van der Waals surface area contributed by atoms with Crippen LogP contribution >= 0.6 is 11.6 Å². The van der Waals surface area contributed by atoms with E-state index in [4.69, 9.17) is 16.3 Å². The maximum absolute atomic E-state index is 11.7. The Morgan fingerprint density at radius 3 is 2.83 bits per heavy atom. The summed E-state index contributed by atoms with van der Waals surface area (Å²) in [7, 11) is 1.36. The highest BCUT2D eigenvalue weighted by Crippen LogP contribution is 2.27. The summed E-state index contributed by atoms with van der Waals surface area (Å²) in [6, 6.07) is 3.13. The van der Waals surface area contributed by atoms with Gasteiger partial charge in [-0.3, -0.25) is 4.57 Å². The first-order valence-corrected chi connectivity index (χ1v) is 6.04. The number of nitrogens with zero attached hydrogens (tertiary/aromatic N) is 3. The lowest BCUT2D eigenvalue weighted by Crippen LogP contribution is -2.20. The molecule has 5 nitrogen and oxygen atoms in total. The van der Waals surface area contributed by atoms with Crippen LogP contribution in [0.5, 0.6) is 0 Å². The van der Waals surface area contributed by atoms with Crippen LogP contribution in [0.1, 0.15) is 31.1 Å². The van der Waals surface area contributed by atoms with Crippen molar-refractivity contribution in [3.63, 3.8) is 0 Å². The van der Waals surface area contributed by atoms with Crippen molar-refractivity contribution in [3.8, 4) is 0 Å². The molecule has 0 saturated heterocycles. The molecule has 18 heavy (non-hydrogen) atoms. The number of pyridine rings is 1. The van der Waals surface area contributed by atoms with Gasteiger partial charge in [-0.25, -0.2) is 14.8 Å². The molecule has 2 aromatic heterocycles. The molecule has 0 saturated carbocycles. The van der Waals surface area contributed by atoms with Crippen LogP contribution < -0.4 is 0 Å². The van der Waals surface area contributed by atoms with E-state index in [1.165, 1.54) is 7.11 Å². The summed E-state index contributed by atoms with van der Waals surface area (Å²) < 4.78 is 6.48.